The Balaban J connectivity index is 2.46. The summed E-state index contributed by atoms with van der Waals surface area (Å²) in [6.07, 6.45) is -4.57. The second-order valence-corrected chi connectivity index (χ2v) is 5.25. The number of halogens is 6. The molecule has 0 N–H and O–H groups in total. The maximum Gasteiger partial charge on any atom is 0.419 e. The van der Waals surface area contributed by atoms with Crippen LogP contribution in [0.4, 0.5) is 13.2 Å². The van der Waals surface area contributed by atoms with E-state index in [0.29, 0.717) is 10.6 Å². The van der Waals surface area contributed by atoms with E-state index >= 15 is 0 Å². The van der Waals surface area contributed by atoms with Crippen molar-refractivity contribution in [1.82, 2.24) is 0 Å². The lowest BCUT2D eigenvalue weighted by Crippen LogP contribution is -2.08. The summed E-state index contributed by atoms with van der Waals surface area (Å²) < 4.78 is 44.5. The molecule has 2 aromatic rings. The summed E-state index contributed by atoms with van der Waals surface area (Å²) in [4.78, 5) is 0. The van der Waals surface area contributed by atoms with Gasteiger partial charge < -0.3 is 4.74 Å². The van der Waals surface area contributed by atoms with Crippen LogP contribution in [-0.2, 0) is 12.1 Å². The van der Waals surface area contributed by atoms with Gasteiger partial charge in [-0.25, -0.2) is 0 Å². The van der Waals surface area contributed by atoms with Gasteiger partial charge >= 0.3 is 6.18 Å². The SMILES string of the molecule is FC(F)(F)c1cc(CCl)ccc1Oc1cc(Cl)ccc1Cl. The van der Waals surface area contributed by atoms with Crippen molar-refractivity contribution < 1.29 is 17.9 Å². The summed E-state index contributed by atoms with van der Waals surface area (Å²) in [6.45, 7) is 0. The summed E-state index contributed by atoms with van der Waals surface area (Å²) in [5, 5.41) is 0.467. The van der Waals surface area contributed by atoms with E-state index in [9.17, 15) is 13.2 Å². The lowest BCUT2D eigenvalue weighted by molar-refractivity contribution is -0.138. The van der Waals surface area contributed by atoms with Gasteiger partial charge in [-0.2, -0.15) is 13.2 Å². The zero-order valence-electron chi connectivity index (χ0n) is 10.3. The standard InChI is InChI=1S/C14H8Cl3F3O/c15-7-8-1-4-12(10(5-8)14(18,19)20)21-13-6-9(16)2-3-11(13)17/h1-6H,7H2. The maximum absolute atomic E-state index is 13.1. The number of hydrogen-bond donors (Lipinski definition) is 0. The third kappa shape index (κ3) is 3.96. The highest BCUT2D eigenvalue weighted by molar-refractivity contribution is 6.34. The van der Waals surface area contributed by atoms with Gasteiger partial charge in [-0.05, 0) is 29.8 Å². The van der Waals surface area contributed by atoms with Crippen LogP contribution in [0.2, 0.25) is 10.0 Å². The predicted octanol–water partition coefficient (Wildman–Crippen LogP) is 6.54. The molecular weight excluding hydrogens is 348 g/mol. The van der Waals surface area contributed by atoms with E-state index in [2.05, 4.69) is 0 Å². The van der Waals surface area contributed by atoms with Gasteiger partial charge in [-0.1, -0.05) is 29.3 Å². The zero-order chi connectivity index (χ0) is 15.6. The summed E-state index contributed by atoms with van der Waals surface area (Å²) in [5.41, 5.74) is -0.578. The van der Waals surface area contributed by atoms with E-state index in [4.69, 9.17) is 39.5 Å². The fourth-order valence-electron chi connectivity index (χ4n) is 1.64. The molecule has 0 saturated heterocycles. The van der Waals surface area contributed by atoms with Crippen LogP contribution in [0.15, 0.2) is 36.4 Å². The van der Waals surface area contributed by atoms with Crippen molar-refractivity contribution >= 4 is 34.8 Å². The van der Waals surface area contributed by atoms with Crippen LogP contribution in [0, 0.1) is 0 Å². The average molecular weight is 356 g/mol. The van der Waals surface area contributed by atoms with Crippen LogP contribution in [0.1, 0.15) is 11.1 Å². The molecule has 0 atom stereocenters. The van der Waals surface area contributed by atoms with E-state index in [1.165, 1.54) is 30.3 Å². The lowest BCUT2D eigenvalue weighted by atomic mass is 10.1. The van der Waals surface area contributed by atoms with Crippen molar-refractivity contribution in [3.8, 4) is 11.5 Å². The number of hydrogen-bond acceptors (Lipinski definition) is 1. The van der Waals surface area contributed by atoms with E-state index in [1.54, 1.807) is 0 Å². The van der Waals surface area contributed by atoms with E-state index in [0.717, 1.165) is 6.07 Å². The molecule has 7 heteroatoms. The Morgan fingerprint density at radius 2 is 1.67 bits per heavy atom. The molecule has 0 aliphatic heterocycles. The topological polar surface area (TPSA) is 9.23 Å². The molecule has 2 aromatic carbocycles. The van der Waals surface area contributed by atoms with Gasteiger partial charge in [0, 0.05) is 17.0 Å². The molecule has 2 rings (SSSR count). The number of ether oxygens (including phenoxy) is 1. The third-order valence-electron chi connectivity index (χ3n) is 2.62. The van der Waals surface area contributed by atoms with Crippen LogP contribution < -0.4 is 4.74 Å². The molecule has 0 bridgehead atoms. The summed E-state index contributed by atoms with van der Waals surface area (Å²) in [6, 6.07) is 7.91. The van der Waals surface area contributed by atoms with Gasteiger partial charge in [0.2, 0.25) is 0 Å². The Labute approximate surface area is 134 Å². The van der Waals surface area contributed by atoms with Crippen LogP contribution in [-0.4, -0.2) is 0 Å². The molecule has 0 aliphatic carbocycles. The van der Waals surface area contributed by atoms with E-state index < -0.39 is 11.7 Å². The zero-order valence-corrected chi connectivity index (χ0v) is 12.6. The van der Waals surface area contributed by atoms with Crippen molar-refractivity contribution in [2.24, 2.45) is 0 Å². The molecule has 0 fully saturated rings. The summed E-state index contributed by atoms with van der Waals surface area (Å²) >= 11 is 17.2. The molecule has 0 amide bonds. The van der Waals surface area contributed by atoms with Gasteiger partial charge in [-0.15, -0.1) is 11.6 Å². The van der Waals surface area contributed by atoms with Gasteiger partial charge in [0.25, 0.3) is 0 Å². The predicted molar refractivity (Wildman–Crippen MR) is 77.5 cm³/mol. The molecule has 21 heavy (non-hydrogen) atoms. The molecule has 0 aliphatic rings. The third-order valence-corrected chi connectivity index (χ3v) is 3.47. The highest BCUT2D eigenvalue weighted by Gasteiger charge is 2.35. The molecule has 112 valence electrons. The first-order valence-corrected chi connectivity index (χ1v) is 6.99. The molecule has 0 heterocycles. The van der Waals surface area contributed by atoms with Crippen molar-refractivity contribution in [1.29, 1.82) is 0 Å². The normalized spacial score (nSPS) is 11.5. The smallest absolute Gasteiger partial charge is 0.419 e. The summed E-state index contributed by atoms with van der Waals surface area (Å²) in [7, 11) is 0. The number of rotatable bonds is 3. The van der Waals surface area contributed by atoms with Crippen molar-refractivity contribution in [3.05, 3.63) is 57.6 Å². The second kappa shape index (κ2) is 6.34. The monoisotopic (exact) mass is 354 g/mol. The van der Waals surface area contributed by atoms with Crippen LogP contribution in [0.5, 0.6) is 11.5 Å². The lowest BCUT2D eigenvalue weighted by Gasteiger charge is -2.15. The van der Waals surface area contributed by atoms with Gasteiger partial charge in [0.05, 0.1) is 10.6 Å². The minimum Gasteiger partial charge on any atom is -0.455 e. The van der Waals surface area contributed by atoms with E-state index in [1.807, 2.05) is 0 Å². The molecular formula is C14H8Cl3F3O. The first-order chi connectivity index (χ1) is 9.81. The van der Waals surface area contributed by atoms with Gasteiger partial charge in [0.15, 0.2) is 0 Å². The van der Waals surface area contributed by atoms with Crippen molar-refractivity contribution in [2.45, 2.75) is 12.1 Å². The first kappa shape index (κ1) is 16.3. The van der Waals surface area contributed by atoms with Crippen molar-refractivity contribution in [2.75, 3.05) is 0 Å². The minimum atomic E-state index is -4.57. The highest BCUT2D eigenvalue weighted by Crippen LogP contribution is 2.40. The average Bonchev–Trinajstić information content (AvgIpc) is 2.42. The Morgan fingerprint density at radius 3 is 2.29 bits per heavy atom. The van der Waals surface area contributed by atoms with E-state index in [-0.39, 0.29) is 22.4 Å². The fourth-order valence-corrected chi connectivity index (χ4v) is 2.13. The molecule has 0 radical (unpaired) electrons. The molecule has 0 spiro atoms. The Kier molecular flexibility index (Phi) is 4.91. The summed E-state index contributed by atoms with van der Waals surface area (Å²) in [5.74, 6) is -0.338. The Morgan fingerprint density at radius 1 is 0.952 bits per heavy atom. The maximum atomic E-state index is 13.1. The molecule has 1 nitrogen and oxygen atoms in total. The molecule has 0 unspecified atom stereocenters. The van der Waals surface area contributed by atoms with Crippen LogP contribution in [0.3, 0.4) is 0 Å². The fraction of sp³-hybridized carbons (Fsp3) is 0.143. The number of alkyl halides is 4. The van der Waals surface area contributed by atoms with Gasteiger partial charge in [0.1, 0.15) is 11.5 Å². The molecule has 0 saturated carbocycles. The molecule has 0 aromatic heterocycles. The van der Waals surface area contributed by atoms with Gasteiger partial charge in [-0.3, -0.25) is 0 Å². The quantitative estimate of drug-likeness (QED) is 0.568. The largest absolute Gasteiger partial charge is 0.455 e. The second-order valence-electron chi connectivity index (χ2n) is 4.14. The Hall–Kier alpha value is -1.10. The Bertz CT molecular complexity index is 656. The van der Waals surface area contributed by atoms with Crippen LogP contribution >= 0.6 is 34.8 Å². The highest BCUT2D eigenvalue weighted by atomic mass is 35.5. The van der Waals surface area contributed by atoms with Crippen LogP contribution in [0.25, 0.3) is 0 Å². The van der Waals surface area contributed by atoms with Crippen molar-refractivity contribution in [3.63, 3.8) is 0 Å². The first-order valence-electron chi connectivity index (χ1n) is 5.70. The minimum absolute atomic E-state index is 0.0265. The number of benzene rings is 2.